The Labute approximate surface area is 411 Å². The number of nitrogens with zero attached hydrogens (tertiary/aromatic N) is 6. The lowest BCUT2D eigenvalue weighted by atomic mass is 10.1. The third-order valence-corrected chi connectivity index (χ3v) is 12.2. The van der Waals surface area contributed by atoms with Gasteiger partial charge in [-0.3, -0.25) is 0 Å². The van der Waals surface area contributed by atoms with E-state index in [0.717, 1.165) is 72.6 Å². The molecule has 1 aromatic heterocycles. The van der Waals surface area contributed by atoms with Crippen LogP contribution >= 0.6 is 0 Å². The third-order valence-electron chi connectivity index (χ3n) is 12.2. The van der Waals surface area contributed by atoms with Gasteiger partial charge < -0.3 is 14.7 Å². The second-order valence-electron chi connectivity index (χ2n) is 16.7. The van der Waals surface area contributed by atoms with Crippen LogP contribution < -0.4 is 14.7 Å². The standard InChI is InChI=1S/C63H66N6/c1-7-67(8-2)58-40-31-55(32-41-58)28-19-49-13-22-52(23-14-49)37-46-61-64-62(47-38-53-24-15-50(16-25-53)20-29-56-33-42-59(43-34-56)68(9-3)10-4)66-63(65-61)48-39-54-26-17-51(18-27-54)21-30-57-35-44-60(45-36-57)69(11-5)12-6/h13-48H,7-12H2,1-6H3/b28-19+,29-20+,30-21+,46-37+,47-38+,48-39+. The van der Waals surface area contributed by atoms with Crippen LogP contribution in [0, 0.1) is 0 Å². The number of anilines is 3. The maximum absolute atomic E-state index is 4.85. The highest BCUT2D eigenvalue weighted by molar-refractivity contribution is 5.76. The number of benzene rings is 6. The Balaban J connectivity index is 1.05. The van der Waals surface area contributed by atoms with E-state index in [0.29, 0.717) is 17.5 Å². The molecule has 7 aromatic rings. The first-order valence-electron chi connectivity index (χ1n) is 24.5. The fourth-order valence-electron chi connectivity index (χ4n) is 8.05. The van der Waals surface area contributed by atoms with Crippen LogP contribution in [0.5, 0.6) is 0 Å². The minimum Gasteiger partial charge on any atom is -0.372 e. The molecule has 0 spiro atoms. The first-order valence-corrected chi connectivity index (χ1v) is 24.5. The van der Waals surface area contributed by atoms with Crippen LogP contribution in [-0.2, 0) is 0 Å². The number of aromatic nitrogens is 3. The van der Waals surface area contributed by atoms with Crippen molar-refractivity contribution in [3.8, 4) is 0 Å². The lowest BCUT2D eigenvalue weighted by Gasteiger charge is -2.20. The molecule has 0 N–H and O–H groups in total. The summed E-state index contributed by atoms with van der Waals surface area (Å²) in [4.78, 5) is 21.6. The SMILES string of the molecule is CCN(CC)c1ccc(/C=C/c2ccc(/C=C/c3nc(/C=C/c4ccc(/C=C/c5ccc(N(CC)CC)cc5)cc4)nc(/C=C/c4ccc(/C=C/c5ccc(N(CC)CC)cc5)cc4)n3)cc2)cc1. The smallest absolute Gasteiger partial charge is 0.156 e. The summed E-state index contributed by atoms with van der Waals surface area (Å²) in [6.45, 7) is 19.1. The third kappa shape index (κ3) is 14.6. The first-order chi connectivity index (χ1) is 33.8. The van der Waals surface area contributed by atoms with Crippen molar-refractivity contribution in [2.45, 2.75) is 41.5 Å². The highest BCUT2D eigenvalue weighted by Gasteiger charge is 2.05. The van der Waals surface area contributed by atoms with Gasteiger partial charge in [-0.05, 0) is 146 Å². The van der Waals surface area contributed by atoms with E-state index in [-0.39, 0.29) is 0 Å². The molecule has 6 aromatic carbocycles. The van der Waals surface area contributed by atoms with Crippen molar-refractivity contribution in [3.05, 3.63) is 213 Å². The second-order valence-corrected chi connectivity index (χ2v) is 16.7. The van der Waals surface area contributed by atoms with E-state index >= 15 is 0 Å². The lowest BCUT2D eigenvalue weighted by Crippen LogP contribution is -2.21. The van der Waals surface area contributed by atoms with Crippen LogP contribution in [0.2, 0.25) is 0 Å². The molecule has 1 heterocycles. The predicted molar refractivity (Wildman–Crippen MR) is 303 cm³/mol. The van der Waals surface area contributed by atoms with Gasteiger partial charge in [0.25, 0.3) is 0 Å². The molecule has 0 amide bonds. The normalized spacial score (nSPS) is 11.9. The van der Waals surface area contributed by atoms with Crippen LogP contribution in [-0.4, -0.2) is 54.2 Å². The van der Waals surface area contributed by atoms with E-state index in [1.165, 1.54) is 33.8 Å². The first kappa shape index (κ1) is 49.1. The van der Waals surface area contributed by atoms with Gasteiger partial charge in [0.15, 0.2) is 17.5 Å². The van der Waals surface area contributed by atoms with Gasteiger partial charge in [-0.1, -0.05) is 164 Å². The highest BCUT2D eigenvalue weighted by Crippen LogP contribution is 2.21. The summed E-state index contributed by atoms with van der Waals surface area (Å²) in [6.07, 6.45) is 24.9. The second kappa shape index (κ2) is 25.3. The van der Waals surface area contributed by atoms with Crippen molar-refractivity contribution in [2.75, 3.05) is 54.0 Å². The summed E-state index contributed by atoms with van der Waals surface area (Å²) in [5.74, 6) is 1.74. The molecule has 0 aliphatic carbocycles. The fourth-order valence-corrected chi connectivity index (χ4v) is 8.05. The fraction of sp³-hybridized carbons (Fsp3) is 0.190. The van der Waals surface area contributed by atoms with Gasteiger partial charge in [-0.15, -0.1) is 0 Å². The molecule has 6 nitrogen and oxygen atoms in total. The summed E-state index contributed by atoms with van der Waals surface area (Å²) in [5.41, 5.74) is 13.9. The molecule has 0 aliphatic heterocycles. The van der Waals surface area contributed by atoms with Crippen molar-refractivity contribution in [1.29, 1.82) is 0 Å². The lowest BCUT2D eigenvalue weighted by molar-refractivity contribution is 0.866. The maximum atomic E-state index is 4.85. The molecular formula is C63H66N6. The summed E-state index contributed by atoms with van der Waals surface area (Å²) in [6, 6.07) is 51.7. The van der Waals surface area contributed by atoms with Gasteiger partial charge in [0.05, 0.1) is 0 Å². The van der Waals surface area contributed by atoms with E-state index in [9.17, 15) is 0 Å². The largest absolute Gasteiger partial charge is 0.372 e. The van der Waals surface area contributed by atoms with Crippen molar-refractivity contribution in [3.63, 3.8) is 0 Å². The number of hydrogen-bond donors (Lipinski definition) is 0. The Morgan fingerprint density at radius 1 is 0.232 bits per heavy atom. The molecule has 69 heavy (non-hydrogen) atoms. The molecule has 0 saturated carbocycles. The number of rotatable bonds is 21. The van der Waals surface area contributed by atoms with E-state index < -0.39 is 0 Å². The van der Waals surface area contributed by atoms with E-state index in [4.69, 9.17) is 15.0 Å². The molecule has 6 heteroatoms. The summed E-state index contributed by atoms with van der Waals surface area (Å²) >= 11 is 0. The topological polar surface area (TPSA) is 48.4 Å². The predicted octanol–water partition coefficient (Wildman–Crippen LogP) is 15.4. The average Bonchev–Trinajstić information content (AvgIpc) is 3.40. The van der Waals surface area contributed by atoms with E-state index in [1.54, 1.807) is 0 Å². The zero-order chi connectivity index (χ0) is 48.2. The molecular weight excluding hydrogens is 841 g/mol. The summed E-state index contributed by atoms with van der Waals surface area (Å²) in [7, 11) is 0. The van der Waals surface area contributed by atoms with Gasteiger partial charge >= 0.3 is 0 Å². The molecule has 0 saturated heterocycles. The van der Waals surface area contributed by atoms with Gasteiger partial charge in [0, 0.05) is 56.3 Å². The van der Waals surface area contributed by atoms with Crippen molar-refractivity contribution >= 4 is 90.0 Å². The minimum atomic E-state index is 0.581. The van der Waals surface area contributed by atoms with Crippen LogP contribution in [0.25, 0.3) is 72.9 Å². The van der Waals surface area contributed by atoms with Crippen LogP contribution in [0.4, 0.5) is 17.1 Å². The molecule has 0 radical (unpaired) electrons. The summed E-state index contributed by atoms with van der Waals surface area (Å²) in [5, 5.41) is 0. The average molecular weight is 907 g/mol. The Bertz CT molecular complexity index is 2510. The molecule has 0 bridgehead atoms. The molecule has 0 unspecified atom stereocenters. The van der Waals surface area contributed by atoms with Crippen molar-refractivity contribution in [2.24, 2.45) is 0 Å². The summed E-state index contributed by atoms with van der Waals surface area (Å²) < 4.78 is 0. The molecule has 0 fully saturated rings. The van der Waals surface area contributed by atoms with Crippen LogP contribution in [0.1, 0.15) is 109 Å². The zero-order valence-electron chi connectivity index (χ0n) is 41.2. The Hall–Kier alpha value is -7.83. The minimum absolute atomic E-state index is 0.581. The maximum Gasteiger partial charge on any atom is 0.156 e. The zero-order valence-corrected chi connectivity index (χ0v) is 41.2. The molecule has 348 valence electrons. The van der Waals surface area contributed by atoms with Crippen LogP contribution in [0.15, 0.2) is 146 Å². The van der Waals surface area contributed by atoms with Gasteiger partial charge in [0.1, 0.15) is 0 Å². The van der Waals surface area contributed by atoms with Gasteiger partial charge in [-0.25, -0.2) is 15.0 Å². The van der Waals surface area contributed by atoms with Crippen molar-refractivity contribution < 1.29 is 0 Å². The molecule has 0 atom stereocenters. The Kier molecular flexibility index (Phi) is 18.0. The van der Waals surface area contributed by atoms with Crippen molar-refractivity contribution in [1.82, 2.24) is 15.0 Å². The quantitative estimate of drug-likeness (QED) is 0.0670. The molecule has 7 rings (SSSR count). The van der Waals surface area contributed by atoms with Gasteiger partial charge in [0.2, 0.25) is 0 Å². The van der Waals surface area contributed by atoms with Crippen LogP contribution in [0.3, 0.4) is 0 Å². The highest BCUT2D eigenvalue weighted by atomic mass is 15.1. The molecule has 0 aliphatic rings. The number of hydrogen-bond acceptors (Lipinski definition) is 6. The Morgan fingerprint density at radius 3 is 0.536 bits per heavy atom. The van der Waals surface area contributed by atoms with Gasteiger partial charge in [-0.2, -0.15) is 0 Å². The monoisotopic (exact) mass is 907 g/mol. The van der Waals surface area contributed by atoms with E-state index in [2.05, 4.69) is 238 Å². The Morgan fingerprint density at radius 2 is 0.377 bits per heavy atom. The van der Waals surface area contributed by atoms with E-state index in [1.807, 2.05) is 36.5 Å².